The molecule has 0 unspecified atom stereocenters. The Kier molecular flexibility index (Phi) is 5.43. The molecule has 0 fully saturated rings. The molecule has 0 bridgehead atoms. The van der Waals surface area contributed by atoms with Crippen molar-refractivity contribution in [1.29, 1.82) is 0 Å². The van der Waals surface area contributed by atoms with Crippen LogP contribution in [-0.4, -0.2) is 5.91 Å². The van der Waals surface area contributed by atoms with Crippen LogP contribution < -0.4 is 11.1 Å². The van der Waals surface area contributed by atoms with E-state index in [1.54, 1.807) is 0 Å². The highest BCUT2D eigenvalue weighted by Crippen LogP contribution is 2.25. The molecule has 3 nitrogen and oxygen atoms in total. The van der Waals surface area contributed by atoms with Crippen LogP contribution in [0.5, 0.6) is 0 Å². The maximum Gasteiger partial charge on any atom is 0.230 e. The van der Waals surface area contributed by atoms with Crippen molar-refractivity contribution in [2.45, 2.75) is 40.0 Å². The van der Waals surface area contributed by atoms with Crippen LogP contribution in [0, 0.1) is 5.41 Å². The van der Waals surface area contributed by atoms with Crippen LogP contribution in [-0.2, 0) is 11.2 Å². The third kappa shape index (κ3) is 4.85. The van der Waals surface area contributed by atoms with E-state index in [2.05, 4.69) is 24.4 Å². The number of nitrogens with two attached hydrogens (primary N) is 1. The summed E-state index contributed by atoms with van der Waals surface area (Å²) in [6.45, 7) is 6.08. The summed E-state index contributed by atoms with van der Waals surface area (Å²) in [6.07, 6.45) is 2.67. The zero-order valence-electron chi connectivity index (χ0n) is 14.2. The molecule has 0 aromatic heterocycles. The number of nitrogen functional groups attached to an aromatic ring is 1. The minimum atomic E-state index is -0.349. The molecule has 122 valence electrons. The lowest BCUT2D eigenvalue weighted by atomic mass is 9.87. The number of hydrogen-bond donors (Lipinski definition) is 2. The van der Waals surface area contributed by atoms with Crippen LogP contribution in [0.4, 0.5) is 11.4 Å². The molecule has 0 saturated heterocycles. The summed E-state index contributed by atoms with van der Waals surface area (Å²) in [6, 6.07) is 15.9. The summed E-state index contributed by atoms with van der Waals surface area (Å²) in [5.74, 6) is 0.0699. The molecule has 0 saturated carbocycles. The number of carbonyl (C=O) groups excluding carboxylic acids is 1. The number of amides is 1. The van der Waals surface area contributed by atoms with Gasteiger partial charge in [-0.2, -0.15) is 0 Å². The van der Waals surface area contributed by atoms with Gasteiger partial charge in [0.15, 0.2) is 0 Å². The number of carbonyl (C=O) groups is 1. The Morgan fingerprint density at radius 2 is 1.74 bits per heavy atom. The number of anilines is 2. The minimum absolute atomic E-state index is 0.0699. The van der Waals surface area contributed by atoms with E-state index in [-0.39, 0.29) is 11.3 Å². The summed E-state index contributed by atoms with van der Waals surface area (Å²) >= 11 is 0. The molecule has 0 atom stereocenters. The van der Waals surface area contributed by atoms with Gasteiger partial charge >= 0.3 is 0 Å². The first-order valence-corrected chi connectivity index (χ1v) is 8.15. The van der Waals surface area contributed by atoms with Crippen molar-refractivity contribution in [2.24, 2.45) is 5.41 Å². The second-order valence-electron chi connectivity index (χ2n) is 6.71. The van der Waals surface area contributed by atoms with Gasteiger partial charge in [-0.3, -0.25) is 4.79 Å². The van der Waals surface area contributed by atoms with Crippen molar-refractivity contribution in [3.05, 3.63) is 59.7 Å². The average molecular weight is 310 g/mol. The van der Waals surface area contributed by atoms with Gasteiger partial charge in [0, 0.05) is 16.8 Å². The smallest absolute Gasteiger partial charge is 0.230 e. The van der Waals surface area contributed by atoms with E-state index in [4.69, 9.17) is 5.73 Å². The standard InChI is InChI=1S/C20H26N2O/c1-4-11-20(2,3)19(23)22-18-10-6-8-16(14-18)12-15-7-5-9-17(21)13-15/h5-10,13-14H,4,11-12,21H2,1-3H3,(H,22,23). The highest BCUT2D eigenvalue weighted by atomic mass is 16.2. The Bertz CT molecular complexity index is 677. The lowest BCUT2D eigenvalue weighted by Gasteiger charge is -2.23. The van der Waals surface area contributed by atoms with E-state index in [1.807, 2.05) is 50.2 Å². The molecule has 0 heterocycles. The second-order valence-corrected chi connectivity index (χ2v) is 6.71. The average Bonchev–Trinajstić information content (AvgIpc) is 2.47. The third-order valence-corrected chi connectivity index (χ3v) is 4.03. The van der Waals surface area contributed by atoms with Gasteiger partial charge in [-0.25, -0.2) is 0 Å². The van der Waals surface area contributed by atoms with E-state index in [1.165, 1.54) is 5.56 Å². The zero-order valence-corrected chi connectivity index (χ0v) is 14.2. The van der Waals surface area contributed by atoms with Crippen LogP contribution in [0.1, 0.15) is 44.7 Å². The lowest BCUT2D eigenvalue weighted by molar-refractivity contribution is -0.124. The SMILES string of the molecule is CCCC(C)(C)C(=O)Nc1cccc(Cc2cccc(N)c2)c1. The number of hydrogen-bond acceptors (Lipinski definition) is 2. The Balaban J connectivity index is 2.09. The van der Waals surface area contributed by atoms with Crippen molar-refractivity contribution in [3.63, 3.8) is 0 Å². The van der Waals surface area contributed by atoms with E-state index in [0.717, 1.165) is 36.2 Å². The van der Waals surface area contributed by atoms with Crippen molar-refractivity contribution in [2.75, 3.05) is 11.1 Å². The molecule has 0 spiro atoms. The van der Waals surface area contributed by atoms with Crippen LogP contribution in [0.25, 0.3) is 0 Å². The van der Waals surface area contributed by atoms with Crippen LogP contribution >= 0.6 is 0 Å². The molecule has 0 aliphatic heterocycles. The second kappa shape index (κ2) is 7.32. The first-order chi connectivity index (χ1) is 10.9. The highest BCUT2D eigenvalue weighted by molar-refractivity contribution is 5.94. The third-order valence-electron chi connectivity index (χ3n) is 4.03. The van der Waals surface area contributed by atoms with E-state index >= 15 is 0 Å². The van der Waals surface area contributed by atoms with Crippen molar-refractivity contribution in [1.82, 2.24) is 0 Å². The minimum Gasteiger partial charge on any atom is -0.399 e. The largest absolute Gasteiger partial charge is 0.399 e. The molecular formula is C20H26N2O. The van der Waals surface area contributed by atoms with Gasteiger partial charge in [0.25, 0.3) is 0 Å². The molecule has 2 aromatic rings. The Labute approximate surface area is 138 Å². The topological polar surface area (TPSA) is 55.1 Å². The van der Waals surface area contributed by atoms with E-state index in [9.17, 15) is 4.79 Å². The molecule has 2 aromatic carbocycles. The fourth-order valence-corrected chi connectivity index (χ4v) is 2.74. The van der Waals surface area contributed by atoms with Crippen molar-refractivity contribution in [3.8, 4) is 0 Å². The van der Waals surface area contributed by atoms with Gasteiger partial charge in [0.2, 0.25) is 5.91 Å². The quantitative estimate of drug-likeness (QED) is 0.765. The summed E-state index contributed by atoms with van der Waals surface area (Å²) in [4.78, 5) is 12.4. The van der Waals surface area contributed by atoms with Gasteiger partial charge in [-0.15, -0.1) is 0 Å². The Morgan fingerprint density at radius 3 is 2.39 bits per heavy atom. The van der Waals surface area contributed by atoms with Gasteiger partial charge in [-0.1, -0.05) is 51.5 Å². The van der Waals surface area contributed by atoms with Gasteiger partial charge in [-0.05, 0) is 48.2 Å². The molecule has 1 amide bonds. The predicted octanol–water partition coefficient (Wildman–Crippen LogP) is 4.62. The maximum absolute atomic E-state index is 12.4. The predicted molar refractivity (Wildman–Crippen MR) is 97.4 cm³/mol. The first-order valence-electron chi connectivity index (χ1n) is 8.15. The fourth-order valence-electron chi connectivity index (χ4n) is 2.74. The lowest BCUT2D eigenvalue weighted by Crippen LogP contribution is -2.30. The molecule has 0 radical (unpaired) electrons. The monoisotopic (exact) mass is 310 g/mol. The molecule has 0 aliphatic carbocycles. The fraction of sp³-hybridized carbons (Fsp3) is 0.350. The maximum atomic E-state index is 12.4. The van der Waals surface area contributed by atoms with Crippen LogP contribution in [0.15, 0.2) is 48.5 Å². The first kappa shape index (κ1) is 17.1. The summed E-state index contributed by atoms with van der Waals surface area (Å²) in [5, 5.41) is 3.04. The van der Waals surface area contributed by atoms with Crippen LogP contribution in [0.2, 0.25) is 0 Å². The molecule has 2 rings (SSSR count). The highest BCUT2D eigenvalue weighted by Gasteiger charge is 2.26. The number of benzene rings is 2. The molecule has 3 N–H and O–H groups in total. The zero-order chi connectivity index (χ0) is 16.9. The van der Waals surface area contributed by atoms with Crippen molar-refractivity contribution < 1.29 is 4.79 Å². The summed E-state index contributed by atoms with van der Waals surface area (Å²) in [5.41, 5.74) is 9.42. The Hall–Kier alpha value is -2.29. The number of rotatable bonds is 6. The molecule has 0 aliphatic rings. The van der Waals surface area contributed by atoms with Gasteiger partial charge < -0.3 is 11.1 Å². The van der Waals surface area contributed by atoms with E-state index in [0.29, 0.717) is 0 Å². The normalized spacial score (nSPS) is 11.3. The van der Waals surface area contributed by atoms with Crippen LogP contribution in [0.3, 0.4) is 0 Å². The van der Waals surface area contributed by atoms with E-state index < -0.39 is 0 Å². The van der Waals surface area contributed by atoms with Crippen molar-refractivity contribution >= 4 is 17.3 Å². The molecule has 23 heavy (non-hydrogen) atoms. The Morgan fingerprint density at radius 1 is 1.09 bits per heavy atom. The summed E-state index contributed by atoms with van der Waals surface area (Å²) in [7, 11) is 0. The summed E-state index contributed by atoms with van der Waals surface area (Å²) < 4.78 is 0. The number of nitrogens with one attached hydrogen (secondary N) is 1. The molecular weight excluding hydrogens is 284 g/mol. The molecule has 3 heteroatoms. The van der Waals surface area contributed by atoms with Gasteiger partial charge in [0.1, 0.15) is 0 Å². The van der Waals surface area contributed by atoms with Gasteiger partial charge in [0.05, 0.1) is 0 Å².